The Labute approximate surface area is 223 Å². The fourth-order valence-electron chi connectivity index (χ4n) is 3.64. The Morgan fingerprint density at radius 1 is 1.22 bits per heavy atom. The van der Waals surface area contributed by atoms with E-state index < -0.39 is 27.9 Å². The first-order chi connectivity index (χ1) is 17.6. The summed E-state index contributed by atoms with van der Waals surface area (Å²) < 4.78 is 26.6. The smallest absolute Gasteiger partial charge is 0.246 e. The summed E-state index contributed by atoms with van der Waals surface area (Å²) in [4.78, 5) is 27.2. The molecule has 2 unspecified atom stereocenters. The van der Waals surface area contributed by atoms with Gasteiger partial charge in [0.15, 0.2) is 0 Å². The molecule has 37 heavy (non-hydrogen) atoms. The number of nitrogens with zero attached hydrogens (tertiary/aromatic N) is 2. The van der Waals surface area contributed by atoms with Crippen LogP contribution >= 0.6 is 0 Å². The third-order valence-corrected chi connectivity index (χ3v) is 7.86. The first kappa shape index (κ1) is 32.2. The van der Waals surface area contributed by atoms with Gasteiger partial charge in [-0.25, -0.2) is 12.7 Å². The normalized spacial score (nSPS) is 15.2. The number of sulfonamides is 1. The van der Waals surface area contributed by atoms with Crippen molar-refractivity contribution >= 4 is 21.8 Å². The third kappa shape index (κ3) is 13.9. The number of hydrogen-bond acceptors (Lipinski definition) is 5. The molecule has 2 N–H and O–H groups in total. The van der Waals surface area contributed by atoms with E-state index in [4.69, 9.17) is 12.8 Å². The summed E-state index contributed by atoms with van der Waals surface area (Å²) in [6.45, 7) is 4.07. The van der Waals surface area contributed by atoms with E-state index in [2.05, 4.69) is 45.6 Å². The second-order valence-electron chi connectivity index (χ2n) is 9.40. The maximum Gasteiger partial charge on any atom is 0.246 e. The van der Waals surface area contributed by atoms with Gasteiger partial charge in [-0.15, -0.1) is 18.8 Å². The van der Waals surface area contributed by atoms with Crippen LogP contribution in [-0.2, 0) is 19.6 Å². The van der Waals surface area contributed by atoms with Crippen molar-refractivity contribution in [1.29, 1.82) is 0 Å². The molecule has 0 bridgehead atoms. The first-order valence-electron chi connectivity index (χ1n) is 12.7. The minimum Gasteiger partial charge on any atom is -0.354 e. The fourth-order valence-corrected chi connectivity index (χ4v) is 4.76. The average Bonchev–Trinajstić information content (AvgIpc) is 2.87. The van der Waals surface area contributed by atoms with Crippen molar-refractivity contribution in [3.05, 3.63) is 36.0 Å². The van der Waals surface area contributed by atoms with E-state index in [0.29, 0.717) is 26.1 Å². The highest BCUT2D eigenvalue weighted by molar-refractivity contribution is 7.89. The lowest BCUT2D eigenvalue weighted by molar-refractivity contribution is -0.127. The van der Waals surface area contributed by atoms with Crippen molar-refractivity contribution in [2.75, 3.05) is 46.0 Å². The van der Waals surface area contributed by atoms with Gasteiger partial charge in [0, 0.05) is 46.1 Å². The van der Waals surface area contributed by atoms with Crippen molar-refractivity contribution in [3.63, 3.8) is 0 Å². The fraction of sp³-hybridized carbons (Fsp3) is 0.571. The highest BCUT2D eigenvalue weighted by Crippen LogP contribution is 2.11. The molecule has 0 saturated carbocycles. The minimum absolute atomic E-state index is 0.223. The molecule has 8 nitrogen and oxygen atoms in total. The number of nitrogens with one attached hydrogen (secondary N) is 2. The van der Waals surface area contributed by atoms with E-state index in [1.165, 1.54) is 29.1 Å². The predicted octanol–water partition coefficient (Wildman–Crippen LogP) is 2.08. The Bertz CT molecular complexity index is 1020. The SMILES string of the molecule is C#CC=CC(NC(=O)CCS(=O)(=O)N(C)CCN(C)CC1=CCCC=C1)C(=O)NCC(C)CCCC#C. The van der Waals surface area contributed by atoms with Gasteiger partial charge >= 0.3 is 0 Å². The molecular weight excluding hydrogens is 488 g/mol. The van der Waals surface area contributed by atoms with Gasteiger partial charge in [0.25, 0.3) is 0 Å². The van der Waals surface area contributed by atoms with Crippen molar-refractivity contribution in [1.82, 2.24) is 19.8 Å². The van der Waals surface area contributed by atoms with Gasteiger partial charge < -0.3 is 15.5 Å². The van der Waals surface area contributed by atoms with Crippen LogP contribution in [0, 0.1) is 30.6 Å². The highest BCUT2D eigenvalue weighted by Gasteiger charge is 2.23. The van der Waals surface area contributed by atoms with Crippen LogP contribution in [0.3, 0.4) is 0 Å². The monoisotopic (exact) mass is 530 g/mol. The Balaban J connectivity index is 2.52. The number of unbranched alkanes of at least 4 members (excludes halogenated alkanes) is 1. The van der Waals surface area contributed by atoms with Crippen molar-refractivity contribution < 1.29 is 18.0 Å². The zero-order chi connectivity index (χ0) is 27.7. The molecule has 0 radical (unpaired) electrons. The molecule has 1 aliphatic rings. The van der Waals surface area contributed by atoms with Crippen LogP contribution in [0.1, 0.15) is 45.4 Å². The number of likely N-dealkylation sites (N-methyl/N-ethyl adjacent to an activating group) is 2. The van der Waals surface area contributed by atoms with Crippen LogP contribution < -0.4 is 10.6 Å². The summed E-state index contributed by atoms with van der Waals surface area (Å²) in [6, 6.07) is -0.987. The summed E-state index contributed by atoms with van der Waals surface area (Å²) >= 11 is 0. The second-order valence-corrected chi connectivity index (χ2v) is 11.6. The molecule has 1 rings (SSSR count). The molecule has 0 aliphatic heterocycles. The Hall–Kier alpha value is -2.85. The summed E-state index contributed by atoms with van der Waals surface area (Å²) in [5, 5.41) is 5.38. The van der Waals surface area contributed by atoms with E-state index in [-0.39, 0.29) is 18.1 Å². The van der Waals surface area contributed by atoms with Crippen LogP contribution in [-0.4, -0.2) is 81.5 Å². The maximum atomic E-state index is 12.7. The van der Waals surface area contributed by atoms with Crippen molar-refractivity contribution in [2.45, 2.75) is 51.5 Å². The lowest BCUT2D eigenvalue weighted by Gasteiger charge is -2.23. The molecule has 0 heterocycles. The zero-order valence-corrected chi connectivity index (χ0v) is 23.2. The number of rotatable bonds is 17. The van der Waals surface area contributed by atoms with E-state index in [1.54, 1.807) is 0 Å². The summed E-state index contributed by atoms with van der Waals surface area (Å²) in [6.07, 6.45) is 24.0. The third-order valence-electron chi connectivity index (χ3n) is 6.01. The summed E-state index contributed by atoms with van der Waals surface area (Å²) in [7, 11) is -0.177. The lowest BCUT2D eigenvalue weighted by atomic mass is 10.0. The highest BCUT2D eigenvalue weighted by atomic mass is 32.2. The molecule has 0 saturated heterocycles. The van der Waals surface area contributed by atoms with Crippen LogP contribution in [0.25, 0.3) is 0 Å². The van der Waals surface area contributed by atoms with Crippen LogP contribution in [0.15, 0.2) is 36.0 Å². The number of terminal acetylenes is 2. The first-order valence-corrected chi connectivity index (χ1v) is 14.3. The topological polar surface area (TPSA) is 98.8 Å². The van der Waals surface area contributed by atoms with Gasteiger partial charge in [-0.3, -0.25) is 9.59 Å². The molecule has 0 aromatic rings. The number of carbonyl (C=O) groups excluding carboxylic acids is 2. The minimum atomic E-state index is -3.64. The van der Waals surface area contributed by atoms with E-state index in [1.807, 2.05) is 14.0 Å². The molecule has 9 heteroatoms. The number of amides is 2. The lowest BCUT2D eigenvalue weighted by Crippen LogP contribution is -2.47. The molecule has 204 valence electrons. The van der Waals surface area contributed by atoms with E-state index >= 15 is 0 Å². The zero-order valence-electron chi connectivity index (χ0n) is 22.4. The van der Waals surface area contributed by atoms with Crippen molar-refractivity contribution in [2.24, 2.45) is 5.92 Å². The molecule has 1 aliphatic carbocycles. The summed E-state index contributed by atoms with van der Waals surface area (Å²) in [5.41, 5.74) is 1.23. The van der Waals surface area contributed by atoms with Crippen LogP contribution in [0.2, 0.25) is 0 Å². The quantitative estimate of drug-likeness (QED) is 0.222. The maximum absolute atomic E-state index is 12.7. The van der Waals surface area contributed by atoms with Crippen molar-refractivity contribution in [3.8, 4) is 24.7 Å². The Kier molecular flexibility index (Phi) is 15.3. The molecule has 0 aromatic heterocycles. The number of carbonyl (C=O) groups is 2. The number of hydrogen-bond donors (Lipinski definition) is 2. The van der Waals surface area contributed by atoms with Gasteiger partial charge in [-0.2, -0.15) is 0 Å². The van der Waals surface area contributed by atoms with Gasteiger partial charge in [-0.1, -0.05) is 31.1 Å². The van der Waals surface area contributed by atoms with E-state index in [9.17, 15) is 18.0 Å². The predicted molar refractivity (Wildman–Crippen MR) is 150 cm³/mol. The van der Waals surface area contributed by atoms with Crippen LogP contribution in [0.5, 0.6) is 0 Å². The molecule has 0 spiro atoms. The Morgan fingerprint density at radius 3 is 2.62 bits per heavy atom. The van der Waals surface area contributed by atoms with Gasteiger partial charge in [0.05, 0.1) is 5.75 Å². The van der Waals surface area contributed by atoms with Gasteiger partial charge in [0.1, 0.15) is 6.04 Å². The molecule has 0 fully saturated rings. The van der Waals surface area contributed by atoms with E-state index in [0.717, 1.165) is 32.2 Å². The standard InChI is InChI=1S/C28H42N4O4S/c1-6-8-11-14-24(3)22-29-28(34)26(17-9-7-2)30-27(33)18-21-37(35,36)32(5)20-19-31(4)23-25-15-12-10-13-16-25/h1-2,9,12,15-17,24,26H,8,10-11,13-14,18-23H2,3-5H3,(H,29,34)(H,30,33). The van der Waals surface area contributed by atoms with Crippen LogP contribution in [0.4, 0.5) is 0 Å². The molecule has 0 aromatic carbocycles. The second kappa shape index (κ2) is 17.6. The molecular formula is C28H42N4O4S. The number of allylic oxidation sites excluding steroid dienone is 3. The molecule has 2 atom stereocenters. The Morgan fingerprint density at radius 2 is 1.97 bits per heavy atom. The van der Waals surface area contributed by atoms with Gasteiger partial charge in [-0.05, 0) is 56.4 Å². The largest absolute Gasteiger partial charge is 0.354 e. The summed E-state index contributed by atoms with van der Waals surface area (Å²) in [5.74, 6) is 3.81. The molecule has 2 amide bonds. The average molecular weight is 531 g/mol. The van der Waals surface area contributed by atoms with Gasteiger partial charge in [0.2, 0.25) is 21.8 Å².